The highest BCUT2D eigenvalue weighted by Crippen LogP contribution is 2.35. The molecular weight excluding hydrogens is 390 g/mol. The Bertz CT molecular complexity index is 843. The Hall–Kier alpha value is -2.12. The number of amides is 3. The van der Waals surface area contributed by atoms with Crippen molar-refractivity contribution in [2.24, 2.45) is 5.92 Å². The van der Waals surface area contributed by atoms with Crippen molar-refractivity contribution in [1.82, 2.24) is 20.0 Å². The number of hydrogen-bond acceptors (Lipinski definition) is 5. The lowest BCUT2D eigenvalue weighted by atomic mass is 10.0. The Kier molecular flexibility index (Phi) is 6.26. The van der Waals surface area contributed by atoms with E-state index in [0.717, 1.165) is 44.5 Å². The second-order valence-electron chi connectivity index (χ2n) is 9.60. The standard InChI is InChI=1S/C24H37N5O2/c1-6-7-8-9-12-27-22(30)20-21(26(5)24(27)31)25-23-28(14-16(2)15-29(20)23)19-11-10-17(3)18(4)13-19/h10-11,13,16,20-21,23,25H,6-9,12,14-15H2,1-5H3. The maximum Gasteiger partial charge on any atom is 0.327 e. The molecule has 4 unspecified atom stereocenters. The fourth-order valence-electron chi connectivity index (χ4n) is 5.23. The second kappa shape index (κ2) is 8.79. The first kappa shape index (κ1) is 22.1. The molecule has 170 valence electrons. The van der Waals surface area contributed by atoms with Crippen LogP contribution in [0.1, 0.15) is 50.7 Å². The van der Waals surface area contributed by atoms with E-state index in [1.54, 1.807) is 4.90 Å². The normalized spacial score (nSPS) is 28.9. The molecule has 0 bridgehead atoms. The zero-order valence-electron chi connectivity index (χ0n) is 19.6. The van der Waals surface area contributed by atoms with Crippen LogP contribution in [-0.2, 0) is 4.79 Å². The summed E-state index contributed by atoms with van der Waals surface area (Å²) in [5.41, 5.74) is 3.70. The van der Waals surface area contributed by atoms with Gasteiger partial charge in [0, 0.05) is 32.4 Å². The van der Waals surface area contributed by atoms with E-state index in [4.69, 9.17) is 0 Å². The first-order valence-corrected chi connectivity index (χ1v) is 11.8. The van der Waals surface area contributed by atoms with Crippen LogP contribution in [0.4, 0.5) is 10.5 Å². The number of carbonyl (C=O) groups is 2. The van der Waals surface area contributed by atoms with Crippen LogP contribution in [0.2, 0.25) is 0 Å². The molecule has 3 heterocycles. The summed E-state index contributed by atoms with van der Waals surface area (Å²) < 4.78 is 0. The lowest BCUT2D eigenvalue weighted by molar-refractivity contribution is -0.138. The van der Waals surface area contributed by atoms with Crippen LogP contribution >= 0.6 is 0 Å². The molecule has 0 aliphatic carbocycles. The SMILES string of the molecule is CCCCCCN1C(=O)C2C(NC3N(c4ccc(C)c(C)c4)CC(C)CN23)N(C)C1=O. The molecule has 1 aromatic carbocycles. The summed E-state index contributed by atoms with van der Waals surface area (Å²) in [4.78, 5) is 34.4. The lowest BCUT2D eigenvalue weighted by Crippen LogP contribution is -2.66. The van der Waals surface area contributed by atoms with Crippen molar-refractivity contribution in [2.45, 2.75) is 71.9 Å². The molecule has 7 heteroatoms. The van der Waals surface area contributed by atoms with Gasteiger partial charge in [0.25, 0.3) is 5.91 Å². The molecule has 0 aromatic heterocycles. The van der Waals surface area contributed by atoms with Gasteiger partial charge in [-0.3, -0.25) is 19.9 Å². The highest BCUT2D eigenvalue weighted by atomic mass is 16.2. The van der Waals surface area contributed by atoms with Crippen molar-refractivity contribution < 1.29 is 9.59 Å². The number of rotatable bonds is 6. The molecular formula is C24H37N5O2. The maximum atomic E-state index is 13.5. The lowest BCUT2D eigenvalue weighted by Gasteiger charge is -2.46. The van der Waals surface area contributed by atoms with E-state index in [9.17, 15) is 9.59 Å². The molecule has 3 aliphatic rings. The Labute approximate surface area is 186 Å². The quantitative estimate of drug-likeness (QED) is 0.707. The fraction of sp³-hybridized carbons (Fsp3) is 0.667. The Balaban J connectivity index is 1.59. The second-order valence-corrected chi connectivity index (χ2v) is 9.60. The number of nitrogens with zero attached hydrogens (tertiary/aromatic N) is 4. The number of unbranched alkanes of at least 4 members (excludes halogenated alkanes) is 3. The van der Waals surface area contributed by atoms with Gasteiger partial charge in [0.05, 0.1) is 0 Å². The van der Waals surface area contributed by atoms with Gasteiger partial charge in [-0.1, -0.05) is 39.2 Å². The van der Waals surface area contributed by atoms with Gasteiger partial charge >= 0.3 is 6.03 Å². The van der Waals surface area contributed by atoms with E-state index >= 15 is 0 Å². The predicted molar refractivity (Wildman–Crippen MR) is 123 cm³/mol. The number of carbonyl (C=O) groups excluding carboxylic acids is 2. The number of urea groups is 1. The summed E-state index contributed by atoms with van der Waals surface area (Å²) in [5.74, 6) is 0.376. The zero-order valence-corrected chi connectivity index (χ0v) is 19.6. The van der Waals surface area contributed by atoms with Gasteiger partial charge in [0.1, 0.15) is 18.5 Å². The fourth-order valence-corrected chi connectivity index (χ4v) is 5.23. The average Bonchev–Trinajstić information content (AvgIpc) is 3.12. The number of aryl methyl sites for hydroxylation is 2. The molecule has 3 aliphatic heterocycles. The van der Waals surface area contributed by atoms with E-state index in [-0.39, 0.29) is 30.4 Å². The number of imide groups is 1. The van der Waals surface area contributed by atoms with Crippen molar-refractivity contribution in [2.75, 3.05) is 31.6 Å². The number of nitrogens with one attached hydrogen (secondary N) is 1. The van der Waals surface area contributed by atoms with E-state index < -0.39 is 0 Å². The van der Waals surface area contributed by atoms with Crippen LogP contribution in [0.25, 0.3) is 0 Å². The van der Waals surface area contributed by atoms with Gasteiger partial charge < -0.3 is 9.80 Å². The number of benzene rings is 1. The van der Waals surface area contributed by atoms with Gasteiger partial charge in [-0.05, 0) is 49.4 Å². The highest BCUT2D eigenvalue weighted by Gasteiger charge is 2.56. The Morgan fingerprint density at radius 3 is 2.55 bits per heavy atom. The van der Waals surface area contributed by atoms with Gasteiger partial charge in [0.15, 0.2) is 0 Å². The van der Waals surface area contributed by atoms with Gasteiger partial charge in [-0.15, -0.1) is 0 Å². The minimum atomic E-state index is -0.337. The molecule has 4 atom stereocenters. The zero-order chi connectivity index (χ0) is 22.3. The van der Waals surface area contributed by atoms with Crippen molar-refractivity contribution in [3.8, 4) is 0 Å². The van der Waals surface area contributed by atoms with Gasteiger partial charge in [-0.2, -0.15) is 0 Å². The van der Waals surface area contributed by atoms with E-state index in [0.29, 0.717) is 12.5 Å². The monoisotopic (exact) mass is 427 g/mol. The Morgan fingerprint density at radius 1 is 1.06 bits per heavy atom. The van der Waals surface area contributed by atoms with Gasteiger partial charge in [0.2, 0.25) is 0 Å². The summed E-state index contributed by atoms with van der Waals surface area (Å²) in [6.07, 6.45) is 3.81. The number of hydrogen-bond donors (Lipinski definition) is 1. The molecule has 3 amide bonds. The summed E-state index contributed by atoms with van der Waals surface area (Å²) in [7, 11) is 1.82. The third-order valence-electron chi connectivity index (χ3n) is 7.14. The molecule has 31 heavy (non-hydrogen) atoms. The predicted octanol–water partition coefficient (Wildman–Crippen LogP) is 3.12. The largest absolute Gasteiger partial charge is 0.343 e. The third kappa shape index (κ3) is 3.94. The maximum absolute atomic E-state index is 13.5. The molecule has 3 fully saturated rings. The highest BCUT2D eigenvalue weighted by molar-refractivity contribution is 6.00. The van der Waals surface area contributed by atoms with Crippen molar-refractivity contribution in [3.05, 3.63) is 29.3 Å². The van der Waals surface area contributed by atoms with Crippen molar-refractivity contribution in [1.29, 1.82) is 0 Å². The van der Waals surface area contributed by atoms with Crippen molar-refractivity contribution in [3.63, 3.8) is 0 Å². The number of anilines is 1. The number of likely N-dealkylation sites (N-methyl/N-ethyl adjacent to an activating group) is 1. The molecule has 0 radical (unpaired) electrons. The van der Waals surface area contributed by atoms with Crippen LogP contribution in [-0.4, -0.2) is 71.8 Å². The Morgan fingerprint density at radius 2 is 1.84 bits per heavy atom. The van der Waals surface area contributed by atoms with Crippen LogP contribution in [0.5, 0.6) is 0 Å². The molecule has 4 rings (SSSR count). The molecule has 1 N–H and O–H groups in total. The first-order chi connectivity index (χ1) is 14.8. The minimum absolute atomic E-state index is 0.0475. The van der Waals surface area contributed by atoms with E-state index in [1.807, 2.05) is 7.05 Å². The van der Waals surface area contributed by atoms with E-state index in [1.165, 1.54) is 16.0 Å². The van der Waals surface area contributed by atoms with Crippen molar-refractivity contribution >= 4 is 17.6 Å². The topological polar surface area (TPSA) is 59.1 Å². The summed E-state index contributed by atoms with van der Waals surface area (Å²) in [6, 6.07) is 6.04. The summed E-state index contributed by atoms with van der Waals surface area (Å²) in [5, 5.41) is 3.62. The molecule has 0 saturated carbocycles. The molecule has 3 saturated heterocycles. The molecule has 0 spiro atoms. The smallest absolute Gasteiger partial charge is 0.327 e. The first-order valence-electron chi connectivity index (χ1n) is 11.8. The molecule has 7 nitrogen and oxygen atoms in total. The summed E-state index contributed by atoms with van der Waals surface area (Å²) >= 11 is 0. The number of fused-ring (bicyclic) bond motifs is 3. The van der Waals surface area contributed by atoms with Crippen LogP contribution in [0.3, 0.4) is 0 Å². The minimum Gasteiger partial charge on any atom is -0.343 e. The van der Waals surface area contributed by atoms with Crippen LogP contribution in [0, 0.1) is 19.8 Å². The average molecular weight is 428 g/mol. The van der Waals surface area contributed by atoms with Gasteiger partial charge in [-0.25, -0.2) is 4.79 Å². The van der Waals surface area contributed by atoms with E-state index in [2.05, 4.69) is 61.0 Å². The van der Waals surface area contributed by atoms with Crippen LogP contribution < -0.4 is 10.2 Å². The summed E-state index contributed by atoms with van der Waals surface area (Å²) in [6.45, 7) is 10.9. The third-order valence-corrected chi connectivity index (χ3v) is 7.14. The molecule has 1 aromatic rings. The van der Waals surface area contributed by atoms with Crippen LogP contribution in [0.15, 0.2) is 18.2 Å².